The Morgan fingerprint density at radius 1 is 1.48 bits per heavy atom. The first-order valence-corrected chi connectivity index (χ1v) is 7.99. The van der Waals surface area contributed by atoms with Gasteiger partial charge in [0.1, 0.15) is 0 Å². The number of likely N-dealkylation sites (N-methyl/N-ethyl adjacent to an activating group) is 1. The van der Waals surface area contributed by atoms with Crippen LogP contribution in [0.5, 0.6) is 0 Å². The average molecular weight is 335 g/mol. The number of tetrazole rings is 1. The SMILES string of the molecule is CN(CCc1nn[nH]n1)C(=O)C1CCN(c2ccccc2Cl)C1. The molecule has 2 aromatic rings. The fourth-order valence-corrected chi connectivity index (χ4v) is 3.12. The highest BCUT2D eigenvalue weighted by molar-refractivity contribution is 6.33. The smallest absolute Gasteiger partial charge is 0.227 e. The third kappa shape index (κ3) is 3.61. The molecule has 0 spiro atoms. The highest BCUT2D eigenvalue weighted by Crippen LogP contribution is 2.30. The number of rotatable bonds is 5. The van der Waals surface area contributed by atoms with Crippen LogP contribution in [0, 0.1) is 5.92 Å². The van der Waals surface area contributed by atoms with Gasteiger partial charge in [0.2, 0.25) is 5.91 Å². The number of nitrogens with zero attached hydrogens (tertiary/aromatic N) is 5. The summed E-state index contributed by atoms with van der Waals surface area (Å²) in [4.78, 5) is 16.5. The molecule has 0 radical (unpaired) electrons. The zero-order valence-electron chi connectivity index (χ0n) is 12.9. The van der Waals surface area contributed by atoms with Crippen molar-refractivity contribution in [2.24, 2.45) is 5.92 Å². The van der Waals surface area contributed by atoms with Gasteiger partial charge >= 0.3 is 0 Å². The van der Waals surface area contributed by atoms with Crippen LogP contribution in [0.1, 0.15) is 12.2 Å². The quantitative estimate of drug-likeness (QED) is 0.893. The second kappa shape index (κ2) is 6.95. The maximum atomic E-state index is 12.6. The molecule has 1 unspecified atom stereocenters. The summed E-state index contributed by atoms with van der Waals surface area (Å²) in [5.74, 6) is 0.776. The number of benzene rings is 1. The minimum Gasteiger partial charge on any atom is -0.370 e. The van der Waals surface area contributed by atoms with E-state index in [4.69, 9.17) is 11.6 Å². The minimum atomic E-state index is 0.00143. The molecule has 23 heavy (non-hydrogen) atoms. The van der Waals surface area contributed by atoms with Gasteiger partial charge in [0.05, 0.1) is 16.6 Å². The molecule has 3 rings (SSSR count). The van der Waals surface area contributed by atoms with Gasteiger partial charge in [0.15, 0.2) is 5.82 Å². The standard InChI is InChI=1S/C15H19ClN6O/c1-21(8-7-14-17-19-20-18-14)15(23)11-6-9-22(10-11)13-5-3-2-4-12(13)16/h2-5,11H,6-10H2,1H3,(H,17,18,19,20). The number of hydrogen-bond donors (Lipinski definition) is 1. The number of nitrogens with one attached hydrogen (secondary N) is 1. The van der Waals surface area contributed by atoms with Crippen molar-refractivity contribution in [1.82, 2.24) is 25.5 Å². The Kier molecular flexibility index (Phi) is 4.76. The molecule has 1 atom stereocenters. The molecule has 1 aliphatic heterocycles. The fourth-order valence-electron chi connectivity index (χ4n) is 2.87. The molecule has 0 bridgehead atoms. The lowest BCUT2D eigenvalue weighted by Gasteiger charge is -2.22. The average Bonchev–Trinajstić information content (AvgIpc) is 3.24. The molecule has 1 fully saturated rings. The Morgan fingerprint density at radius 2 is 2.30 bits per heavy atom. The van der Waals surface area contributed by atoms with E-state index in [2.05, 4.69) is 25.5 Å². The molecule has 1 aliphatic rings. The summed E-state index contributed by atoms with van der Waals surface area (Å²) in [6.07, 6.45) is 1.44. The Hall–Kier alpha value is -2.15. The number of carbonyl (C=O) groups is 1. The van der Waals surface area contributed by atoms with Crippen molar-refractivity contribution in [1.29, 1.82) is 0 Å². The van der Waals surface area contributed by atoms with Gasteiger partial charge in [0, 0.05) is 33.1 Å². The molecule has 1 aromatic carbocycles. The summed E-state index contributed by atoms with van der Waals surface area (Å²) in [7, 11) is 1.82. The van der Waals surface area contributed by atoms with Crippen molar-refractivity contribution < 1.29 is 4.79 Å². The summed E-state index contributed by atoms with van der Waals surface area (Å²) in [6.45, 7) is 2.13. The molecular formula is C15H19ClN6O. The highest BCUT2D eigenvalue weighted by atomic mass is 35.5. The van der Waals surface area contributed by atoms with Crippen LogP contribution in [-0.2, 0) is 11.2 Å². The molecule has 0 saturated carbocycles. The van der Waals surface area contributed by atoms with Crippen molar-refractivity contribution in [2.75, 3.05) is 31.6 Å². The predicted molar refractivity (Wildman–Crippen MR) is 87.3 cm³/mol. The van der Waals surface area contributed by atoms with Gasteiger partial charge < -0.3 is 9.80 Å². The van der Waals surface area contributed by atoms with Gasteiger partial charge in [-0.2, -0.15) is 5.21 Å². The summed E-state index contributed by atoms with van der Waals surface area (Å²) in [5.41, 5.74) is 0.999. The van der Waals surface area contributed by atoms with Crippen molar-refractivity contribution in [3.63, 3.8) is 0 Å². The third-order valence-electron chi connectivity index (χ3n) is 4.17. The van der Waals surface area contributed by atoms with E-state index in [0.717, 1.165) is 23.7 Å². The largest absolute Gasteiger partial charge is 0.370 e. The third-order valence-corrected chi connectivity index (χ3v) is 4.49. The zero-order chi connectivity index (χ0) is 16.2. The predicted octanol–water partition coefficient (Wildman–Crippen LogP) is 1.38. The lowest BCUT2D eigenvalue weighted by Crippen LogP contribution is -2.36. The number of halogens is 1. The van der Waals surface area contributed by atoms with Gasteiger partial charge in [-0.25, -0.2) is 0 Å². The van der Waals surface area contributed by atoms with E-state index in [0.29, 0.717) is 25.3 Å². The number of carbonyl (C=O) groups excluding carboxylic acids is 1. The van der Waals surface area contributed by atoms with Crippen molar-refractivity contribution in [3.8, 4) is 0 Å². The normalized spacial score (nSPS) is 17.5. The summed E-state index contributed by atoms with van der Waals surface area (Å²) < 4.78 is 0. The molecule has 1 N–H and O–H groups in total. The Bertz CT molecular complexity index is 662. The first kappa shape index (κ1) is 15.7. The van der Waals surface area contributed by atoms with Crippen molar-refractivity contribution in [2.45, 2.75) is 12.8 Å². The zero-order valence-corrected chi connectivity index (χ0v) is 13.7. The van der Waals surface area contributed by atoms with E-state index in [1.807, 2.05) is 31.3 Å². The van der Waals surface area contributed by atoms with Gasteiger partial charge in [0.25, 0.3) is 0 Å². The Morgan fingerprint density at radius 3 is 3.04 bits per heavy atom. The molecule has 1 aromatic heterocycles. The molecule has 2 heterocycles. The molecule has 8 heteroatoms. The number of hydrogen-bond acceptors (Lipinski definition) is 5. The highest BCUT2D eigenvalue weighted by Gasteiger charge is 2.31. The fraction of sp³-hybridized carbons (Fsp3) is 0.467. The van der Waals surface area contributed by atoms with Crippen LogP contribution < -0.4 is 4.90 Å². The molecule has 1 amide bonds. The van der Waals surface area contributed by atoms with Crippen LogP contribution in [0.25, 0.3) is 0 Å². The van der Waals surface area contributed by atoms with Gasteiger partial charge in [-0.3, -0.25) is 4.79 Å². The number of aromatic amines is 1. The van der Waals surface area contributed by atoms with Crippen molar-refractivity contribution >= 4 is 23.2 Å². The van der Waals surface area contributed by atoms with Crippen LogP contribution in [0.15, 0.2) is 24.3 Å². The molecule has 122 valence electrons. The minimum absolute atomic E-state index is 0.00143. The van der Waals surface area contributed by atoms with Crippen LogP contribution >= 0.6 is 11.6 Å². The van der Waals surface area contributed by atoms with Crippen molar-refractivity contribution in [3.05, 3.63) is 35.1 Å². The first-order valence-electron chi connectivity index (χ1n) is 7.62. The van der Waals surface area contributed by atoms with E-state index in [1.54, 1.807) is 4.90 Å². The van der Waals surface area contributed by atoms with Gasteiger partial charge in [-0.1, -0.05) is 28.9 Å². The number of amides is 1. The lowest BCUT2D eigenvalue weighted by molar-refractivity contribution is -0.133. The molecule has 0 aliphatic carbocycles. The van der Waals surface area contributed by atoms with Crippen LogP contribution in [0.4, 0.5) is 5.69 Å². The van der Waals surface area contributed by atoms with Crippen LogP contribution in [0.3, 0.4) is 0 Å². The Balaban J connectivity index is 1.55. The summed E-state index contributed by atoms with van der Waals surface area (Å²) in [6, 6.07) is 7.75. The number of anilines is 1. The van der Waals surface area contributed by atoms with Crippen LogP contribution in [0.2, 0.25) is 5.02 Å². The first-order chi connectivity index (χ1) is 11.1. The Labute approximate surface area is 139 Å². The summed E-state index contributed by atoms with van der Waals surface area (Å²) in [5, 5.41) is 14.5. The summed E-state index contributed by atoms with van der Waals surface area (Å²) >= 11 is 6.24. The van der Waals surface area contributed by atoms with Crippen LogP contribution in [-0.4, -0.2) is 58.1 Å². The van der Waals surface area contributed by atoms with E-state index in [9.17, 15) is 4.79 Å². The van der Waals surface area contributed by atoms with E-state index < -0.39 is 0 Å². The maximum absolute atomic E-state index is 12.6. The topological polar surface area (TPSA) is 78.0 Å². The second-order valence-corrected chi connectivity index (χ2v) is 6.13. The monoisotopic (exact) mass is 334 g/mol. The second-order valence-electron chi connectivity index (χ2n) is 5.72. The van der Waals surface area contributed by atoms with E-state index >= 15 is 0 Å². The molecule has 1 saturated heterocycles. The van der Waals surface area contributed by atoms with E-state index in [-0.39, 0.29) is 11.8 Å². The number of aromatic nitrogens is 4. The van der Waals surface area contributed by atoms with E-state index in [1.165, 1.54) is 0 Å². The number of para-hydroxylation sites is 1. The maximum Gasteiger partial charge on any atom is 0.227 e. The molecular weight excluding hydrogens is 316 g/mol. The van der Waals surface area contributed by atoms with Gasteiger partial charge in [-0.15, -0.1) is 10.2 Å². The van der Waals surface area contributed by atoms with Gasteiger partial charge in [-0.05, 0) is 18.6 Å². The lowest BCUT2D eigenvalue weighted by atomic mass is 10.1. The number of H-pyrrole nitrogens is 1. The molecule has 7 nitrogen and oxygen atoms in total.